The second-order valence-corrected chi connectivity index (χ2v) is 4.38. The van der Waals surface area contributed by atoms with Gasteiger partial charge >= 0.3 is 0 Å². The molecule has 0 spiro atoms. The van der Waals surface area contributed by atoms with E-state index in [1.807, 2.05) is 12.1 Å². The lowest BCUT2D eigenvalue weighted by atomic mass is 10.2. The molecule has 96 valence electrons. The number of aromatic amines is 1. The molecule has 0 saturated carbocycles. The number of nitrogens with one attached hydrogen (secondary N) is 2. The molecule has 0 aliphatic carbocycles. The summed E-state index contributed by atoms with van der Waals surface area (Å²) in [5.74, 6) is -0.234. The first-order valence-electron chi connectivity index (χ1n) is 5.93. The first-order chi connectivity index (χ1) is 9.22. The van der Waals surface area contributed by atoms with E-state index < -0.39 is 0 Å². The summed E-state index contributed by atoms with van der Waals surface area (Å²) in [6, 6.07) is 10.2. The molecule has 0 fully saturated rings. The first kappa shape index (κ1) is 11.5. The maximum Gasteiger partial charge on any atom is 0.123 e. The van der Waals surface area contributed by atoms with Gasteiger partial charge in [0.05, 0.1) is 23.1 Å². The smallest absolute Gasteiger partial charge is 0.123 e. The van der Waals surface area contributed by atoms with Crippen LogP contribution in [-0.2, 0) is 6.54 Å². The maximum atomic E-state index is 12.8. The Hall–Kier alpha value is -2.56. The van der Waals surface area contributed by atoms with Crippen molar-refractivity contribution in [3.05, 3.63) is 54.0 Å². The highest BCUT2D eigenvalue weighted by Gasteiger charge is 2.03. The van der Waals surface area contributed by atoms with Gasteiger partial charge in [0, 0.05) is 11.9 Å². The van der Waals surface area contributed by atoms with Crippen LogP contribution in [0.4, 0.5) is 15.8 Å². The van der Waals surface area contributed by atoms with E-state index in [1.165, 1.54) is 12.1 Å². The standard InChI is InChI=1S/C14H13FN4/c15-11-3-1-9(2-4-11)7-17-14-6-13-10(5-12(14)16)8-18-19-13/h1-6,8,17H,7,16H2,(H,18,19). The summed E-state index contributed by atoms with van der Waals surface area (Å²) in [5, 5.41) is 11.1. The van der Waals surface area contributed by atoms with Gasteiger partial charge in [0.1, 0.15) is 5.82 Å². The van der Waals surface area contributed by atoms with E-state index in [9.17, 15) is 4.39 Å². The van der Waals surface area contributed by atoms with Crippen molar-refractivity contribution in [1.29, 1.82) is 0 Å². The summed E-state index contributed by atoms with van der Waals surface area (Å²) in [7, 11) is 0. The minimum Gasteiger partial charge on any atom is -0.397 e. The number of fused-ring (bicyclic) bond motifs is 1. The number of hydrogen-bond acceptors (Lipinski definition) is 3. The number of benzene rings is 2. The van der Waals surface area contributed by atoms with Crippen molar-refractivity contribution in [2.75, 3.05) is 11.1 Å². The molecule has 3 aromatic rings. The van der Waals surface area contributed by atoms with Crippen LogP contribution in [0.25, 0.3) is 10.9 Å². The average Bonchev–Trinajstić information content (AvgIpc) is 2.85. The largest absolute Gasteiger partial charge is 0.397 e. The van der Waals surface area contributed by atoms with Gasteiger partial charge in [-0.1, -0.05) is 12.1 Å². The molecule has 0 atom stereocenters. The summed E-state index contributed by atoms with van der Waals surface area (Å²) in [5.41, 5.74) is 9.39. The zero-order valence-electron chi connectivity index (χ0n) is 10.2. The van der Waals surface area contributed by atoms with Crippen LogP contribution in [0.5, 0.6) is 0 Å². The number of nitrogen functional groups attached to an aromatic ring is 1. The molecule has 3 rings (SSSR count). The first-order valence-corrected chi connectivity index (χ1v) is 5.93. The van der Waals surface area contributed by atoms with Crippen molar-refractivity contribution < 1.29 is 4.39 Å². The number of nitrogens with zero attached hydrogens (tertiary/aromatic N) is 1. The van der Waals surface area contributed by atoms with E-state index in [0.29, 0.717) is 12.2 Å². The lowest BCUT2D eigenvalue weighted by molar-refractivity contribution is 0.627. The van der Waals surface area contributed by atoms with Gasteiger partial charge < -0.3 is 11.1 Å². The van der Waals surface area contributed by atoms with Gasteiger partial charge in [-0.3, -0.25) is 5.10 Å². The fourth-order valence-corrected chi connectivity index (χ4v) is 1.96. The van der Waals surface area contributed by atoms with Gasteiger partial charge in [-0.05, 0) is 29.8 Å². The molecule has 0 radical (unpaired) electrons. The zero-order chi connectivity index (χ0) is 13.2. The molecule has 2 aromatic carbocycles. The van der Waals surface area contributed by atoms with Gasteiger partial charge in [-0.25, -0.2) is 4.39 Å². The SMILES string of the molecule is Nc1cc2cn[nH]c2cc1NCc1ccc(F)cc1. The summed E-state index contributed by atoms with van der Waals surface area (Å²) < 4.78 is 12.8. The normalized spacial score (nSPS) is 10.8. The summed E-state index contributed by atoms with van der Waals surface area (Å²) >= 11 is 0. The van der Waals surface area contributed by atoms with E-state index in [0.717, 1.165) is 22.2 Å². The van der Waals surface area contributed by atoms with Crippen LogP contribution >= 0.6 is 0 Å². The predicted molar refractivity (Wildman–Crippen MR) is 74.2 cm³/mol. The van der Waals surface area contributed by atoms with E-state index in [-0.39, 0.29) is 5.82 Å². The van der Waals surface area contributed by atoms with Crippen LogP contribution in [0.2, 0.25) is 0 Å². The molecular weight excluding hydrogens is 243 g/mol. The van der Waals surface area contributed by atoms with Crippen LogP contribution in [0.3, 0.4) is 0 Å². The Bertz CT molecular complexity index is 703. The van der Waals surface area contributed by atoms with Crippen LogP contribution in [-0.4, -0.2) is 10.2 Å². The van der Waals surface area contributed by atoms with E-state index >= 15 is 0 Å². The van der Waals surface area contributed by atoms with Crippen LogP contribution in [0, 0.1) is 5.82 Å². The summed E-state index contributed by atoms with van der Waals surface area (Å²) in [6.45, 7) is 0.587. The lowest BCUT2D eigenvalue weighted by Crippen LogP contribution is -2.02. The second kappa shape index (κ2) is 4.61. The molecule has 0 aliphatic heterocycles. The minimum atomic E-state index is -0.234. The molecule has 4 nitrogen and oxygen atoms in total. The molecule has 4 N–H and O–H groups in total. The Kier molecular flexibility index (Phi) is 2.79. The Morgan fingerprint density at radius 2 is 2.00 bits per heavy atom. The van der Waals surface area contributed by atoms with Crippen molar-refractivity contribution in [2.45, 2.75) is 6.54 Å². The Morgan fingerprint density at radius 3 is 2.79 bits per heavy atom. The molecular formula is C14H13FN4. The maximum absolute atomic E-state index is 12.8. The molecule has 1 heterocycles. The number of rotatable bonds is 3. The molecule has 0 unspecified atom stereocenters. The van der Waals surface area contributed by atoms with Gasteiger partial charge in [-0.2, -0.15) is 5.10 Å². The minimum absolute atomic E-state index is 0.234. The Balaban J connectivity index is 1.80. The number of halogens is 1. The number of H-pyrrole nitrogens is 1. The third kappa shape index (κ3) is 2.35. The summed E-state index contributed by atoms with van der Waals surface area (Å²) in [6.07, 6.45) is 1.73. The quantitative estimate of drug-likeness (QED) is 0.631. The van der Waals surface area contributed by atoms with Crippen molar-refractivity contribution in [3.8, 4) is 0 Å². The number of nitrogens with two attached hydrogens (primary N) is 1. The highest BCUT2D eigenvalue weighted by molar-refractivity contribution is 5.88. The average molecular weight is 256 g/mol. The van der Waals surface area contributed by atoms with E-state index in [1.54, 1.807) is 18.3 Å². The van der Waals surface area contributed by atoms with Crippen LogP contribution in [0.15, 0.2) is 42.6 Å². The van der Waals surface area contributed by atoms with Crippen molar-refractivity contribution in [1.82, 2.24) is 10.2 Å². The summed E-state index contributed by atoms with van der Waals surface area (Å²) in [4.78, 5) is 0. The molecule has 0 amide bonds. The third-order valence-corrected chi connectivity index (χ3v) is 3.01. The second-order valence-electron chi connectivity index (χ2n) is 4.38. The molecule has 0 aliphatic rings. The molecule has 0 bridgehead atoms. The van der Waals surface area contributed by atoms with Gasteiger partial charge in [-0.15, -0.1) is 0 Å². The van der Waals surface area contributed by atoms with Crippen molar-refractivity contribution in [2.24, 2.45) is 0 Å². The van der Waals surface area contributed by atoms with E-state index in [4.69, 9.17) is 5.73 Å². The van der Waals surface area contributed by atoms with E-state index in [2.05, 4.69) is 15.5 Å². The van der Waals surface area contributed by atoms with Crippen LogP contribution < -0.4 is 11.1 Å². The predicted octanol–water partition coefficient (Wildman–Crippen LogP) is 2.90. The van der Waals surface area contributed by atoms with Crippen molar-refractivity contribution >= 4 is 22.3 Å². The molecule has 0 saturated heterocycles. The zero-order valence-corrected chi connectivity index (χ0v) is 10.2. The monoisotopic (exact) mass is 256 g/mol. The number of hydrogen-bond donors (Lipinski definition) is 3. The molecule has 19 heavy (non-hydrogen) atoms. The Morgan fingerprint density at radius 1 is 1.21 bits per heavy atom. The van der Waals surface area contributed by atoms with Crippen LogP contribution in [0.1, 0.15) is 5.56 Å². The van der Waals surface area contributed by atoms with Gasteiger partial charge in [0.15, 0.2) is 0 Å². The molecule has 5 heteroatoms. The topological polar surface area (TPSA) is 66.7 Å². The fraction of sp³-hybridized carbons (Fsp3) is 0.0714. The Labute approximate surface area is 109 Å². The lowest BCUT2D eigenvalue weighted by Gasteiger charge is -2.09. The van der Waals surface area contributed by atoms with Gasteiger partial charge in [0.2, 0.25) is 0 Å². The number of anilines is 2. The third-order valence-electron chi connectivity index (χ3n) is 3.01. The molecule has 1 aromatic heterocycles. The van der Waals surface area contributed by atoms with Gasteiger partial charge in [0.25, 0.3) is 0 Å². The highest BCUT2D eigenvalue weighted by atomic mass is 19.1. The van der Waals surface area contributed by atoms with Crippen molar-refractivity contribution in [3.63, 3.8) is 0 Å². The fourth-order valence-electron chi connectivity index (χ4n) is 1.96. The number of aromatic nitrogens is 2. The highest BCUT2D eigenvalue weighted by Crippen LogP contribution is 2.25.